The van der Waals surface area contributed by atoms with E-state index in [1.165, 1.54) is 23.5 Å². The van der Waals surface area contributed by atoms with Crippen LogP contribution in [-0.2, 0) is 11.3 Å². The van der Waals surface area contributed by atoms with Crippen molar-refractivity contribution in [1.29, 1.82) is 0 Å². The van der Waals surface area contributed by atoms with Crippen molar-refractivity contribution in [2.45, 2.75) is 25.9 Å². The van der Waals surface area contributed by atoms with Crippen LogP contribution in [0.1, 0.15) is 18.9 Å². The van der Waals surface area contributed by atoms with Crippen molar-refractivity contribution in [1.82, 2.24) is 15.3 Å². The first-order chi connectivity index (χ1) is 16.0. The quantitative estimate of drug-likeness (QED) is 0.324. The van der Waals surface area contributed by atoms with Gasteiger partial charge in [0.25, 0.3) is 0 Å². The Morgan fingerprint density at radius 1 is 1.09 bits per heavy atom. The molecule has 4 rings (SSSR count). The molecule has 0 saturated carbocycles. The summed E-state index contributed by atoms with van der Waals surface area (Å²) in [6.45, 7) is 2.37. The molecule has 1 amide bonds. The molecule has 0 unspecified atom stereocenters. The molecule has 0 aliphatic carbocycles. The van der Waals surface area contributed by atoms with E-state index in [0.717, 1.165) is 22.5 Å². The number of pyridine rings is 1. The first-order valence-electron chi connectivity index (χ1n) is 10.5. The monoisotopic (exact) mass is 480 g/mol. The molecule has 33 heavy (non-hydrogen) atoms. The zero-order valence-electron chi connectivity index (χ0n) is 17.9. The van der Waals surface area contributed by atoms with E-state index in [1.54, 1.807) is 36.7 Å². The molecule has 0 aliphatic rings. The fraction of sp³-hybridized carbons (Fsp3) is 0.160. The molecule has 2 heterocycles. The fourth-order valence-corrected chi connectivity index (χ4v) is 4.48. The summed E-state index contributed by atoms with van der Waals surface area (Å²) in [5.41, 5.74) is 3.32. The normalized spacial score (nSPS) is 11.7. The Kier molecular flexibility index (Phi) is 7.32. The molecule has 1 N–H and O–H groups in total. The lowest BCUT2D eigenvalue weighted by molar-refractivity contribution is -0.122. The van der Waals surface area contributed by atoms with Crippen molar-refractivity contribution in [3.05, 3.63) is 94.8 Å². The third-order valence-electron chi connectivity index (χ3n) is 5.16. The van der Waals surface area contributed by atoms with Crippen LogP contribution in [0.25, 0.3) is 11.3 Å². The summed E-state index contributed by atoms with van der Waals surface area (Å²) in [5, 5.41) is 6.22. The fourth-order valence-electron chi connectivity index (χ4n) is 3.45. The number of carbonyl (C=O) groups excluding carboxylic acids is 1. The minimum absolute atomic E-state index is 0.109. The number of amides is 1. The van der Waals surface area contributed by atoms with E-state index in [9.17, 15) is 9.18 Å². The molecule has 168 valence electrons. The van der Waals surface area contributed by atoms with E-state index in [-0.39, 0.29) is 11.7 Å². The molecule has 0 spiro atoms. The highest BCUT2D eigenvalue weighted by molar-refractivity contribution is 7.14. The Balaban J connectivity index is 1.65. The SMILES string of the molecule is CC[C@@H](C(=O)NCc1ccncc1)N(c1ccc(Cl)cc1)c1nc(-c2ccc(F)cc2)cs1. The van der Waals surface area contributed by atoms with Crippen LogP contribution in [0.5, 0.6) is 0 Å². The summed E-state index contributed by atoms with van der Waals surface area (Å²) in [5.74, 6) is -0.406. The number of hydrogen-bond donors (Lipinski definition) is 1. The maximum Gasteiger partial charge on any atom is 0.243 e. The molecule has 0 aliphatic heterocycles. The molecule has 0 radical (unpaired) electrons. The standard InChI is InChI=1S/C25H22ClFN4OS/c1-2-23(24(32)29-15-17-11-13-28-14-12-17)31(21-9-5-19(26)6-10-21)25-30-22(16-33-25)18-3-7-20(27)8-4-18/h3-14,16,23H,2,15H2,1H3,(H,29,32)/t23-/m0/s1. The maximum absolute atomic E-state index is 13.3. The van der Waals surface area contributed by atoms with Gasteiger partial charge in [-0.15, -0.1) is 11.3 Å². The summed E-state index contributed by atoms with van der Waals surface area (Å²) >= 11 is 7.54. The zero-order chi connectivity index (χ0) is 23.2. The van der Waals surface area contributed by atoms with Crippen LogP contribution in [0.15, 0.2) is 78.4 Å². The summed E-state index contributed by atoms with van der Waals surface area (Å²) in [7, 11) is 0. The Hall–Kier alpha value is -3.29. The third kappa shape index (κ3) is 5.56. The lowest BCUT2D eigenvalue weighted by Gasteiger charge is -2.30. The number of carbonyl (C=O) groups is 1. The van der Waals surface area contributed by atoms with Gasteiger partial charge in [0.2, 0.25) is 5.91 Å². The molecule has 2 aromatic heterocycles. The number of benzene rings is 2. The molecule has 5 nitrogen and oxygen atoms in total. The van der Waals surface area contributed by atoms with Gasteiger partial charge in [0.15, 0.2) is 5.13 Å². The largest absolute Gasteiger partial charge is 0.350 e. The van der Waals surface area contributed by atoms with E-state index in [1.807, 2.05) is 41.5 Å². The summed E-state index contributed by atoms with van der Waals surface area (Å²) in [4.78, 5) is 24.0. The first-order valence-corrected chi connectivity index (χ1v) is 11.7. The van der Waals surface area contributed by atoms with Crippen LogP contribution in [0.2, 0.25) is 5.02 Å². The number of aromatic nitrogens is 2. The van der Waals surface area contributed by atoms with Crippen LogP contribution in [0, 0.1) is 5.82 Å². The van der Waals surface area contributed by atoms with Crippen molar-refractivity contribution >= 4 is 39.7 Å². The van der Waals surface area contributed by atoms with Gasteiger partial charge in [-0.25, -0.2) is 9.37 Å². The van der Waals surface area contributed by atoms with Gasteiger partial charge in [-0.1, -0.05) is 18.5 Å². The molecule has 8 heteroatoms. The second-order valence-corrected chi connectivity index (χ2v) is 8.64. The average Bonchev–Trinajstić information content (AvgIpc) is 3.32. The molecule has 0 saturated heterocycles. The summed E-state index contributed by atoms with van der Waals surface area (Å²) in [6, 6.07) is 16.8. The van der Waals surface area contributed by atoms with Crippen molar-refractivity contribution in [3.63, 3.8) is 0 Å². The van der Waals surface area contributed by atoms with Gasteiger partial charge in [0.1, 0.15) is 11.9 Å². The van der Waals surface area contributed by atoms with Gasteiger partial charge in [-0.2, -0.15) is 0 Å². The Morgan fingerprint density at radius 2 is 1.79 bits per heavy atom. The van der Waals surface area contributed by atoms with E-state index in [0.29, 0.717) is 23.1 Å². The topological polar surface area (TPSA) is 58.1 Å². The van der Waals surface area contributed by atoms with Crippen LogP contribution < -0.4 is 10.2 Å². The average molecular weight is 481 g/mol. The van der Waals surface area contributed by atoms with Gasteiger partial charge < -0.3 is 10.2 Å². The Morgan fingerprint density at radius 3 is 2.45 bits per heavy atom. The number of hydrogen-bond acceptors (Lipinski definition) is 5. The number of nitrogens with one attached hydrogen (secondary N) is 1. The van der Waals surface area contributed by atoms with E-state index in [4.69, 9.17) is 16.6 Å². The Bertz CT molecular complexity index is 1200. The molecular formula is C25H22ClFN4OS. The second kappa shape index (κ2) is 10.6. The molecule has 1 atom stereocenters. The summed E-state index contributed by atoms with van der Waals surface area (Å²) < 4.78 is 13.3. The third-order valence-corrected chi connectivity index (χ3v) is 6.25. The van der Waals surface area contributed by atoms with E-state index < -0.39 is 6.04 Å². The second-order valence-electron chi connectivity index (χ2n) is 7.37. The molecule has 4 aromatic rings. The highest BCUT2D eigenvalue weighted by Gasteiger charge is 2.28. The van der Waals surface area contributed by atoms with Crippen LogP contribution in [0.4, 0.5) is 15.2 Å². The van der Waals surface area contributed by atoms with Crippen LogP contribution >= 0.6 is 22.9 Å². The highest BCUT2D eigenvalue weighted by atomic mass is 35.5. The molecule has 2 aromatic carbocycles. The van der Waals surface area contributed by atoms with E-state index >= 15 is 0 Å². The van der Waals surface area contributed by atoms with Crippen LogP contribution in [-0.4, -0.2) is 21.9 Å². The van der Waals surface area contributed by atoms with Crippen molar-refractivity contribution < 1.29 is 9.18 Å². The molecule has 0 bridgehead atoms. The van der Waals surface area contributed by atoms with Gasteiger partial charge in [0, 0.05) is 40.6 Å². The number of nitrogens with zero attached hydrogens (tertiary/aromatic N) is 3. The number of halogens is 2. The predicted octanol–water partition coefficient (Wildman–Crippen LogP) is 6.23. The van der Waals surface area contributed by atoms with Gasteiger partial charge in [-0.05, 0) is 72.6 Å². The lowest BCUT2D eigenvalue weighted by atomic mass is 10.1. The van der Waals surface area contributed by atoms with Gasteiger partial charge in [0.05, 0.1) is 5.69 Å². The Labute approximate surface area is 200 Å². The van der Waals surface area contributed by atoms with Crippen molar-refractivity contribution in [2.75, 3.05) is 4.90 Å². The zero-order valence-corrected chi connectivity index (χ0v) is 19.5. The maximum atomic E-state index is 13.3. The smallest absolute Gasteiger partial charge is 0.243 e. The number of thiazole rings is 1. The van der Waals surface area contributed by atoms with Crippen LogP contribution in [0.3, 0.4) is 0 Å². The highest BCUT2D eigenvalue weighted by Crippen LogP contribution is 2.35. The van der Waals surface area contributed by atoms with Crippen molar-refractivity contribution in [2.24, 2.45) is 0 Å². The van der Waals surface area contributed by atoms with Crippen molar-refractivity contribution in [3.8, 4) is 11.3 Å². The number of rotatable bonds is 8. The van der Waals surface area contributed by atoms with Gasteiger partial charge in [-0.3, -0.25) is 9.78 Å². The lowest BCUT2D eigenvalue weighted by Crippen LogP contribution is -2.44. The predicted molar refractivity (Wildman–Crippen MR) is 131 cm³/mol. The minimum atomic E-state index is -0.486. The first kappa shape index (κ1) is 22.9. The molecule has 0 fully saturated rings. The number of anilines is 2. The van der Waals surface area contributed by atoms with Gasteiger partial charge >= 0.3 is 0 Å². The minimum Gasteiger partial charge on any atom is -0.350 e. The molecular weight excluding hydrogens is 459 g/mol. The summed E-state index contributed by atoms with van der Waals surface area (Å²) in [6.07, 6.45) is 3.97. The van der Waals surface area contributed by atoms with E-state index in [2.05, 4.69) is 10.3 Å².